The van der Waals surface area contributed by atoms with Crippen LogP contribution in [0.3, 0.4) is 0 Å². The molecule has 40 heavy (non-hydrogen) atoms. The van der Waals surface area contributed by atoms with Gasteiger partial charge in [0.25, 0.3) is 11.8 Å². The lowest BCUT2D eigenvalue weighted by molar-refractivity contribution is -0.155. The van der Waals surface area contributed by atoms with Crippen molar-refractivity contribution in [1.82, 2.24) is 9.80 Å². The van der Waals surface area contributed by atoms with E-state index in [9.17, 15) is 24.0 Å². The SMILES string of the molecule is CC(C)(C)OC(=O)CC[C@@H](C(N)=O)N1C(=O)c2ccc(N3CCN(C(=O)OCc4ccccc4)CC3)cc2C1=O. The summed E-state index contributed by atoms with van der Waals surface area (Å²) in [5, 5.41) is 0. The number of primary amides is 1. The van der Waals surface area contributed by atoms with Gasteiger partial charge in [0, 0.05) is 38.3 Å². The summed E-state index contributed by atoms with van der Waals surface area (Å²) in [5.41, 5.74) is 6.78. The van der Waals surface area contributed by atoms with E-state index in [1.165, 1.54) is 0 Å². The molecule has 1 saturated heterocycles. The lowest BCUT2D eigenvalue weighted by Crippen LogP contribution is -2.49. The summed E-state index contributed by atoms with van der Waals surface area (Å²) in [4.78, 5) is 67.8. The van der Waals surface area contributed by atoms with E-state index < -0.39 is 41.4 Å². The fourth-order valence-corrected chi connectivity index (χ4v) is 4.73. The number of piperazine rings is 1. The summed E-state index contributed by atoms with van der Waals surface area (Å²) in [6, 6.07) is 13.1. The van der Waals surface area contributed by atoms with Gasteiger partial charge in [0.2, 0.25) is 5.91 Å². The second-order valence-corrected chi connectivity index (χ2v) is 10.8. The summed E-state index contributed by atoms with van der Waals surface area (Å²) >= 11 is 0. The van der Waals surface area contributed by atoms with E-state index in [1.807, 2.05) is 35.2 Å². The first kappa shape index (κ1) is 28.6. The van der Waals surface area contributed by atoms with Crippen LogP contribution in [-0.2, 0) is 25.7 Å². The van der Waals surface area contributed by atoms with Gasteiger partial charge < -0.3 is 25.0 Å². The highest BCUT2D eigenvalue weighted by atomic mass is 16.6. The third-order valence-corrected chi connectivity index (χ3v) is 6.69. The third-order valence-electron chi connectivity index (χ3n) is 6.69. The van der Waals surface area contributed by atoms with Gasteiger partial charge in [-0.1, -0.05) is 30.3 Å². The number of nitrogens with two attached hydrogens (primary N) is 1. The molecular formula is C29H34N4O7. The van der Waals surface area contributed by atoms with Crippen molar-refractivity contribution in [3.63, 3.8) is 0 Å². The Balaban J connectivity index is 1.38. The molecule has 1 fully saturated rings. The predicted molar refractivity (Wildman–Crippen MR) is 145 cm³/mol. The predicted octanol–water partition coefficient (Wildman–Crippen LogP) is 2.72. The molecular weight excluding hydrogens is 516 g/mol. The number of carbonyl (C=O) groups excluding carboxylic acids is 5. The van der Waals surface area contributed by atoms with Crippen molar-refractivity contribution in [3.8, 4) is 0 Å². The minimum absolute atomic E-state index is 0.134. The number of imide groups is 1. The van der Waals surface area contributed by atoms with Gasteiger partial charge in [0.05, 0.1) is 11.1 Å². The molecule has 0 saturated carbocycles. The molecule has 1 atom stereocenters. The monoisotopic (exact) mass is 550 g/mol. The first-order chi connectivity index (χ1) is 18.9. The molecule has 0 radical (unpaired) electrons. The van der Waals surface area contributed by atoms with E-state index in [2.05, 4.69) is 0 Å². The molecule has 0 aromatic heterocycles. The van der Waals surface area contributed by atoms with Crippen molar-refractivity contribution in [2.75, 3.05) is 31.1 Å². The van der Waals surface area contributed by atoms with Crippen LogP contribution in [0.25, 0.3) is 0 Å². The Morgan fingerprint density at radius 3 is 2.20 bits per heavy atom. The third kappa shape index (κ3) is 6.59. The molecule has 11 nitrogen and oxygen atoms in total. The van der Waals surface area contributed by atoms with Crippen molar-refractivity contribution in [1.29, 1.82) is 0 Å². The molecule has 2 aliphatic rings. The van der Waals surface area contributed by atoms with Gasteiger partial charge in [0.1, 0.15) is 18.2 Å². The molecule has 2 aromatic carbocycles. The number of benzene rings is 2. The van der Waals surface area contributed by atoms with Gasteiger partial charge in [-0.2, -0.15) is 0 Å². The molecule has 212 valence electrons. The average molecular weight is 551 g/mol. The summed E-state index contributed by atoms with van der Waals surface area (Å²) < 4.78 is 10.7. The lowest BCUT2D eigenvalue weighted by Gasteiger charge is -2.35. The molecule has 0 aliphatic carbocycles. The van der Waals surface area contributed by atoms with Crippen molar-refractivity contribution < 1.29 is 33.4 Å². The number of carbonyl (C=O) groups is 5. The second kappa shape index (κ2) is 11.8. The van der Waals surface area contributed by atoms with Gasteiger partial charge in [0.15, 0.2) is 0 Å². The maximum absolute atomic E-state index is 13.3. The first-order valence-corrected chi connectivity index (χ1v) is 13.2. The van der Waals surface area contributed by atoms with Crippen LogP contribution in [0.2, 0.25) is 0 Å². The maximum Gasteiger partial charge on any atom is 0.410 e. The van der Waals surface area contributed by atoms with Crippen LogP contribution in [-0.4, -0.2) is 77.4 Å². The molecule has 2 aromatic rings. The summed E-state index contributed by atoms with van der Waals surface area (Å²) in [6.45, 7) is 7.22. The van der Waals surface area contributed by atoms with E-state index in [0.717, 1.165) is 10.5 Å². The zero-order valence-corrected chi connectivity index (χ0v) is 22.9. The van der Waals surface area contributed by atoms with Crippen molar-refractivity contribution in [3.05, 3.63) is 65.2 Å². The molecule has 2 heterocycles. The second-order valence-electron chi connectivity index (χ2n) is 10.8. The number of esters is 1. The molecule has 2 aliphatic heterocycles. The Hall–Kier alpha value is -4.41. The van der Waals surface area contributed by atoms with Crippen LogP contribution in [0.15, 0.2) is 48.5 Å². The zero-order valence-electron chi connectivity index (χ0n) is 22.9. The number of hydrogen-bond acceptors (Lipinski definition) is 8. The molecule has 0 spiro atoms. The Kier molecular flexibility index (Phi) is 8.41. The highest BCUT2D eigenvalue weighted by Crippen LogP contribution is 2.30. The van der Waals surface area contributed by atoms with E-state index in [1.54, 1.807) is 43.9 Å². The number of anilines is 1. The number of fused-ring (bicyclic) bond motifs is 1. The van der Waals surface area contributed by atoms with Gasteiger partial charge >= 0.3 is 12.1 Å². The molecule has 4 rings (SSSR count). The summed E-state index contributed by atoms with van der Waals surface area (Å²) in [7, 11) is 0. The quantitative estimate of drug-likeness (QED) is 0.391. The maximum atomic E-state index is 13.3. The van der Waals surface area contributed by atoms with E-state index in [4.69, 9.17) is 15.2 Å². The Morgan fingerprint density at radius 1 is 0.925 bits per heavy atom. The van der Waals surface area contributed by atoms with Crippen LogP contribution in [0.1, 0.15) is 59.9 Å². The molecule has 0 unspecified atom stereocenters. The Morgan fingerprint density at radius 2 is 1.57 bits per heavy atom. The van der Waals surface area contributed by atoms with Gasteiger partial charge in [-0.05, 0) is 51.0 Å². The number of ether oxygens (including phenoxy) is 2. The molecule has 0 bridgehead atoms. The molecule has 2 N–H and O–H groups in total. The van der Waals surface area contributed by atoms with Crippen molar-refractivity contribution in [2.24, 2.45) is 5.73 Å². The normalized spacial score (nSPS) is 16.0. The highest BCUT2D eigenvalue weighted by molar-refractivity contribution is 6.23. The van der Waals surface area contributed by atoms with Gasteiger partial charge in [-0.15, -0.1) is 0 Å². The highest BCUT2D eigenvalue weighted by Gasteiger charge is 2.42. The van der Waals surface area contributed by atoms with Crippen LogP contribution < -0.4 is 10.6 Å². The zero-order chi connectivity index (χ0) is 29.0. The summed E-state index contributed by atoms with van der Waals surface area (Å²) in [5.74, 6) is -2.71. The minimum atomic E-state index is -1.28. The van der Waals surface area contributed by atoms with Crippen LogP contribution >= 0.6 is 0 Å². The standard InChI is InChI=1S/C29H34N4O7/c1-29(2,3)40-24(34)12-11-23(25(30)35)33-26(36)21-10-9-20(17-22(21)27(33)37)31-13-15-32(16-14-31)28(38)39-18-19-7-5-4-6-8-19/h4-10,17,23H,11-16,18H2,1-3H3,(H2,30,35)/t23-/m0/s1. The topological polar surface area (TPSA) is 140 Å². The Bertz CT molecular complexity index is 1300. The fourth-order valence-electron chi connectivity index (χ4n) is 4.73. The van der Waals surface area contributed by atoms with Crippen molar-refractivity contribution in [2.45, 2.75) is 51.9 Å². The first-order valence-electron chi connectivity index (χ1n) is 13.2. The Labute approximate surface area is 232 Å². The fraction of sp³-hybridized carbons (Fsp3) is 0.414. The number of hydrogen-bond donors (Lipinski definition) is 1. The van der Waals surface area contributed by atoms with E-state index in [0.29, 0.717) is 31.9 Å². The smallest absolute Gasteiger partial charge is 0.410 e. The number of amides is 4. The number of rotatable bonds is 8. The van der Waals surface area contributed by atoms with Gasteiger partial charge in [-0.25, -0.2) is 4.79 Å². The van der Waals surface area contributed by atoms with Crippen LogP contribution in [0, 0.1) is 0 Å². The summed E-state index contributed by atoms with van der Waals surface area (Å²) in [6.07, 6.45) is -0.704. The molecule has 4 amide bonds. The lowest BCUT2D eigenvalue weighted by atomic mass is 10.1. The average Bonchev–Trinajstić information content (AvgIpc) is 3.16. The number of nitrogens with zero attached hydrogens (tertiary/aromatic N) is 3. The van der Waals surface area contributed by atoms with Crippen LogP contribution in [0.4, 0.5) is 10.5 Å². The van der Waals surface area contributed by atoms with E-state index >= 15 is 0 Å². The van der Waals surface area contributed by atoms with Gasteiger partial charge in [-0.3, -0.25) is 24.1 Å². The molecule has 11 heteroatoms. The van der Waals surface area contributed by atoms with E-state index in [-0.39, 0.29) is 30.6 Å². The van der Waals surface area contributed by atoms with Crippen LogP contribution in [0.5, 0.6) is 0 Å². The van der Waals surface area contributed by atoms with Crippen molar-refractivity contribution >= 4 is 35.5 Å². The largest absolute Gasteiger partial charge is 0.460 e. The minimum Gasteiger partial charge on any atom is -0.460 e.